The number of nitrogens with two attached hydrogens (primary N) is 1. The Morgan fingerprint density at radius 3 is 2.44 bits per heavy atom. The molecule has 0 aliphatic carbocycles. The average Bonchev–Trinajstić information content (AvgIpc) is 2.78. The fourth-order valence-electron chi connectivity index (χ4n) is 3.05. The minimum absolute atomic E-state index is 0.237. The van der Waals surface area contributed by atoms with Crippen LogP contribution in [0.25, 0.3) is 6.08 Å². The Hall–Kier alpha value is -4.26. The number of nitrogens with one attached hydrogen (secondary N) is 1. The van der Waals surface area contributed by atoms with E-state index < -0.39 is 0 Å². The number of aliphatic hydroxyl groups excluding tert-OH is 1. The van der Waals surface area contributed by atoms with Gasteiger partial charge in [0.2, 0.25) is 0 Å². The highest BCUT2D eigenvalue weighted by molar-refractivity contribution is 5.73. The predicted octanol–water partition coefficient (Wildman–Crippen LogP) is 5.66. The molecule has 32 heavy (non-hydrogen) atoms. The van der Waals surface area contributed by atoms with E-state index in [1.54, 1.807) is 30.4 Å². The maximum atomic E-state index is 9.83. The fraction of sp³-hybridized carbons (Fsp3) is 0.154. The number of aliphatic hydroxyl groups is 1. The van der Waals surface area contributed by atoms with Crippen LogP contribution >= 0.6 is 0 Å². The summed E-state index contributed by atoms with van der Waals surface area (Å²) in [7, 11) is 0. The lowest BCUT2D eigenvalue weighted by Crippen LogP contribution is -2.04. The quantitative estimate of drug-likeness (QED) is 0.285. The van der Waals surface area contributed by atoms with Crippen molar-refractivity contribution in [1.29, 1.82) is 10.5 Å². The lowest BCUT2D eigenvalue weighted by molar-refractivity contribution is 0.276. The van der Waals surface area contributed by atoms with Gasteiger partial charge in [0.05, 0.1) is 30.1 Å². The lowest BCUT2D eigenvalue weighted by Gasteiger charge is -2.18. The van der Waals surface area contributed by atoms with Crippen molar-refractivity contribution < 1.29 is 9.84 Å². The number of nitrogens with zero attached hydrogens (tertiary/aromatic N) is 2. The number of benzene rings is 2. The average molecular weight is 427 g/mol. The maximum absolute atomic E-state index is 9.83. The van der Waals surface area contributed by atoms with Crippen LogP contribution in [0.3, 0.4) is 0 Å². The van der Waals surface area contributed by atoms with Crippen LogP contribution in [0, 0.1) is 36.5 Å². The van der Waals surface area contributed by atoms with Crippen molar-refractivity contribution in [2.24, 2.45) is 0 Å². The van der Waals surface area contributed by atoms with Gasteiger partial charge in [0, 0.05) is 29.0 Å². The van der Waals surface area contributed by atoms with Gasteiger partial charge in [-0.25, -0.2) is 0 Å². The molecule has 4 N–H and O–H groups in total. The molecule has 0 saturated heterocycles. The van der Waals surface area contributed by atoms with Gasteiger partial charge >= 0.3 is 0 Å². The van der Waals surface area contributed by atoms with Crippen molar-refractivity contribution in [2.45, 2.75) is 27.4 Å². The number of nitrogen functional groups attached to an aromatic ring is 1. The summed E-state index contributed by atoms with van der Waals surface area (Å²) < 4.78 is 6.21. The standard InChI is InChI=1S/C26H26N4O2/c1-5-22(9-8-17(2)15-28)30-24-14-25(21(16-31)13-23(24)29)32-26-18(3)11-20(7-6-10-27)12-19(26)4/h5-9,11-14,30-31H,2,16,29H2,1,3-4H3/b7-6+,9-8-,22-5+. The molecule has 0 radical (unpaired) electrons. The number of aryl methyl sites for hydroxylation is 2. The zero-order chi connectivity index (χ0) is 23.7. The second-order valence-corrected chi connectivity index (χ2v) is 7.09. The van der Waals surface area contributed by atoms with Crippen LogP contribution in [0.2, 0.25) is 0 Å². The molecule has 2 rings (SSSR count). The van der Waals surface area contributed by atoms with Crippen LogP contribution in [0.4, 0.5) is 11.4 Å². The molecule has 6 nitrogen and oxygen atoms in total. The smallest absolute Gasteiger partial charge is 0.135 e. The fourth-order valence-corrected chi connectivity index (χ4v) is 3.05. The van der Waals surface area contributed by atoms with Crippen LogP contribution in [-0.2, 0) is 6.61 Å². The summed E-state index contributed by atoms with van der Waals surface area (Å²) >= 11 is 0. The van der Waals surface area contributed by atoms with E-state index in [1.165, 1.54) is 6.08 Å². The van der Waals surface area contributed by atoms with Gasteiger partial charge in [0.25, 0.3) is 0 Å². The van der Waals surface area contributed by atoms with Crippen LogP contribution in [-0.4, -0.2) is 5.11 Å². The molecule has 0 spiro atoms. The first kappa shape index (κ1) is 24.0. The molecule has 0 aromatic heterocycles. The van der Waals surface area contributed by atoms with Gasteiger partial charge in [-0.15, -0.1) is 0 Å². The Bertz CT molecular complexity index is 1170. The molecule has 162 valence electrons. The third kappa shape index (κ3) is 6.12. The van der Waals surface area contributed by atoms with E-state index in [1.807, 2.05) is 51.1 Å². The van der Waals surface area contributed by atoms with Crippen molar-refractivity contribution in [1.82, 2.24) is 0 Å². The third-order valence-corrected chi connectivity index (χ3v) is 4.65. The Morgan fingerprint density at radius 2 is 1.88 bits per heavy atom. The SMILES string of the molecule is C=C(C#N)/C=C\C(=C/C)Nc1cc(Oc2c(C)cc(/C=C/C#N)cc2C)c(CO)cc1N. The van der Waals surface area contributed by atoms with Gasteiger partial charge in [-0.1, -0.05) is 12.7 Å². The molecule has 6 heteroatoms. The first-order chi connectivity index (χ1) is 15.3. The summed E-state index contributed by atoms with van der Waals surface area (Å²) in [5.74, 6) is 1.14. The van der Waals surface area contributed by atoms with E-state index in [-0.39, 0.29) is 6.61 Å². The Balaban J connectivity index is 2.42. The number of nitriles is 2. The van der Waals surface area contributed by atoms with Crippen molar-refractivity contribution in [3.05, 3.63) is 88.7 Å². The number of hydrogen-bond acceptors (Lipinski definition) is 6. The Morgan fingerprint density at radius 1 is 1.19 bits per heavy atom. The van der Waals surface area contributed by atoms with E-state index in [0.717, 1.165) is 22.4 Å². The van der Waals surface area contributed by atoms with E-state index in [9.17, 15) is 5.11 Å². The molecule has 0 aliphatic heterocycles. The highest BCUT2D eigenvalue weighted by Gasteiger charge is 2.13. The largest absolute Gasteiger partial charge is 0.456 e. The molecule has 0 aliphatic rings. The van der Waals surface area contributed by atoms with Crippen molar-refractivity contribution in [3.8, 4) is 23.6 Å². The molecule has 0 saturated carbocycles. The van der Waals surface area contributed by atoms with Gasteiger partial charge in [0.15, 0.2) is 0 Å². The molecule has 2 aromatic carbocycles. The summed E-state index contributed by atoms with van der Waals surface area (Å²) in [4.78, 5) is 0. The second-order valence-electron chi connectivity index (χ2n) is 7.09. The second kappa shape index (κ2) is 11.2. The van der Waals surface area contributed by atoms with E-state index in [4.69, 9.17) is 21.0 Å². The maximum Gasteiger partial charge on any atom is 0.135 e. The van der Waals surface area contributed by atoms with Crippen molar-refractivity contribution >= 4 is 17.5 Å². The summed E-state index contributed by atoms with van der Waals surface area (Å²) in [5, 5.41) is 30.7. The van der Waals surface area contributed by atoms with Gasteiger partial charge in [-0.3, -0.25) is 0 Å². The number of ether oxygens (including phenoxy) is 1. The molecular weight excluding hydrogens is 400 g/mol. The van der Waals surface area contributed by atoms with Gasteiger partial charge in [-0.05, 0) is 73.9 Å². The minimum atomic E-state index is -0.237. The first-order valence-corrected chi connectivity index (χ1v) is 9.91. The first-order valence-electron chi connectivity index (χ1n) is 9.91. The monoisotopic (exact) mass is 426 g/mol. The summed E-state index contributed by atoms with van der Waals surface area (Å²) in [6.07, 6.45) is 8.33. The van der Waals surface area contributed by atoms with Crippen LogP contribution in [0.15, 0.2) is 66.4 Å². The molecular formula is C26H26N4O2. The molecule has 0 amide bonds. The van der Waals surface area contributed by atoms with Crippen molar-refractivity contribution in [3.63, 3.8) is 0 Å². The number of anilines is 2. The highest BCUT2D eigenvalue weighted by atomic mass is 16.5. The zero-order valence-corrected chi connectivity index (χ0v) is 18.4. The molecule has 0 fully saturated rings. The Labute approximate surface area is 188 Å². The topological polar surface area (TPSA) is 115 Å². The van der Waals surface area contributed by atoms with E-state index in [2.05, 4.69) is 11.9 Å². The number of hydrogen-bond donors (Lipinski definition) is 3. The van der Waals surface area contributed by atoms with Crippen LogP contribution in [0.5, 0.6) is 11.5 Å². The van der Waals surface area contributed by atoms with Gasteiger partial charge in [0.1, 0.15) is 11.5 Å². The van der Waals surface area contributed by atoms with Gasteiger partial charge in [-0.2, -0.15) is 10.5 Å². The third-order valence-electron chi connectivity index (χ3n) is 4.65. The van der Waals surface area contributed by atoms with E-state index in [0.29, 0.717) is 34.0 Å². The zero-order valence-electron chi connectivity index (χ0n) is 18.4. The van der Waals surface area contributed by atoms with Crippen LogP contribution < -0.4 is 15.8 Å². The lowest BCUT2D eigenvalue weighted by atomic mass is 10.0. The molecule has 2 aromatic rings. The van der Waals surface area contributed by atoms with Crippen LogP contribution in [0.1, 0.15) is 29.2 Å². The predicted molar refractivity (Wildman–Crippen MR) is 129 cm³/mol. The van der Waals surface area contributed by atoms with E-state index >= 15 is 0 Å². The minimum Gasteiger partial charge on any atom is -0.456 e. The molecule has 0 unspecified atom stereocenters. The summed E-state index contributed by atoms with van der Waals surface area (Å²) in [5.41, 5.74) is 11.5. The highest BCUT2D eigenvalue weighted by Crippen LogP contribution is 2.36. The molecule has 0 atom stereocenters. The van der Waals surface area contributed by atoms with Gasteiger partial charge < -0.3 is 20.9 Å². The van der Waals surface area contributed by atoms with Crippen molar-refractivity contribution in [2.75, 3.05) is 11.1 Å². The molecule has 0 bridgehead atoms. The molecule has 0 heterocycles. The summed E-state index contributed by atoms with van der Waals surface area (Å²) in [6.45, 7) is 9.09. The number of rotatable bonds is 8. The summed E-state index contributed by atoms with van der Waals surface area (Å²) in [6, 6.07) is 11.2. The number of allylic oxidation sites excluding steroid dienone is 5. The normalized spacial score (nSPS) is 11.4. The Kier molecular flexibility index (Phi) is 8.42.